The van der Waals surface area contributed by atoms with Gasteiger partial charge in [0.05, 0.1) is 20.8 Å². The van der Waals surface area contributed by atoms with Crippen LogP contribution in [-0.4, -0.2) is 59.9 Å². The summed E-state index contributed by atoms with van der Waals surface area (Å²) in [6.45, 7) is 3.63. The van der Waals surface area contributed by atoms with Crippen molar-refractivity contribution in [1.82, 2.24) is 14.8 Å². The first-order chi connectivity index (χ1) is 10.4. The highest BCUT2D eigenvalue weighted by atomic mass is 16.5. The number of aromatic nitrogens is 1. The maximum atomic E-state index is 12.5. The van der Waals surface area contributed by atoms with Crippen LogP contribution in [0.15, 0.2) is 12.3 Å². The van der Waals surface area contributed by atoms with Gasteiger partial charge in [0.1, 0.15) is 17.8 Å². The predicted octanol–water partition coefficient (Wildman–Crippen LogP) is 0.676. The van der Waals surface area contributed by atoms with E-state index in [4.69, 9.17) is 9.47 Å². The Morgan fingerprint density at radius 1 is 1.14 bits per heavy atom. The molecule has 1 fully saturated rings. The molecule has 2 amide bonds. The minimum Gasteiger partial charge on any atom is -0.493 e. The van der Waals surface area contributed by atoms with Gasteiger partial charge in [-0.2, -0.15) is 0 Å². The summed E-state index contributed by atoms with van der Waals surface area (Å²) in [6, 6.07) is 0.664. The Hall–Kier alpha value is -2.31. The molecule has 1 aliphatic rings. The Kier molecular flexibility index (Phi) is 4.54. The molecule has 1 aromatic rings. The number of carbonyl (C=O) groups is 2. The summed E-state index contributed by atoms with van der Waals surface area (Å²) in [5, 5.41) is 0. The second kappa shape index (κ2) is 6.21. The summed E-state index contributed by atoms with van der Waals surface area (Å²) >= 11 is 0. The zero-order valence-electron chi connectivity index (χ0n) is 13.5. The first-order valence-corrected chi connectivity index (χ1v) is 7.05. The van der Waals surface area contributed by atoms with Crippen molar-refractivity contribution in [1.29, 1.82) is 0 Å². The Labute approximate surface area is 129 Å². The molecule has 0 unspecified atom stereocenters. The number of methoxy groups -OCH3 is 2. The second-order valence-electron chi connectivity index (χ2n) is 5.26. The standard InChI is InChI=1S/C15H21N3O4/c1-9-15(20)18(10(2)14(19)17(9)3)8-11-13(22-5)12(21-4)6-7-16-11/h6-7,9-10H,8H2,1-5H3/t9-,10-/m0/s1. The van der Waals surface area contributed by atoms with Crippen LogP contribution < -0.4 is 9.47 Å². The van der Waals surface area contributed by atoms with E-state index < -0.39 is 12.1 Å². The van der Waals surface area contributed by atoms with Crippen molar-refractivity contribution in [3.05, 3.63) is 18.0 Å². The van der Waals surface area contributed by atoms with Crippen molar-refractivity contribution in [2.75, 3.05) is 21.3 Å². The van der Waals surface area contributed by atoms with Gasteiger partial charge in [0.2, 0.25) is 11.8 Å². The number of rotatable bonds is 4. The van der Waals surface area contributed by atoms with E-state index in [0.717, 1.165) is 0 Å². The molecule has 7 heteroatoms. The van der Waals surface area contributed by atoms with Gasteiger partial charge in [-0.1, -0.05) is 0 Å². The minimum atomic E-state index is -0.536. The van der Waals surface area contributed by atoms with E-state index in [-0.39, 0.29) is 18.4 Å². The van der Waals surface area contributed by atoms with Crippen LogP contribution in [-0.2, 0) is 16.1 Å². The smallest absolute Gasteiger partial charge is 0.246 e. The van der Waals surface area contributed by atoms with Gasteiger partial charge >= 0.3 is 0 Å². The van der Waals surface area contributed by atoms with Crippen LogP contribution in [0.5, 0.6) is 11.5 Å². The SMILES string of the molecule is COc1ccnc(CN2C(=O)[C@H](C)N(C)C(=O)[C@@H]2C)c1OC. The van der Waals surface area contributed by atoms with Crippen molar-refractivity contribution in [3.63, 3.8) is 0 Å². The molecule has 0 N–H and O–H groups in total. The summed E-state index contributed by atoms with van der Waals surface area (Å²) in [5.74, 6) is 0.820. The second-order valence-corrected chi connectivity index (χ2v) is 5.26. The van der Waals surface area contributed by atoms with Crippen molar-refractivity contribution in [2.24, 2.45) is 0 Å². The van der Waals surface area contributed by atoms with Crippen LogP contribution in [0.2, 0.25) is 0 Å². The third-order valence-electron chi connectivity index (χ3n) is 4.08. The molecule has 22 heavy (non-hydrogen) atoms. The lowest BCUT2D eigenvalue weighted by Crippen LogP contribution is -2.61. The molecular weight excluding hydrogens is 286 g/mol. The highest BCUT2D eigenvalue weighted by Gasteiger charge is 2.40. The number of piperazine rings is 1. The summed E-state index contributed by atoms with van der Waals surface area (Å²) in [7, 11) is 4.70. The number of hydrogen-bond acceptors (Lipinski definition) is 5. The quantitative estimate of drug-likeness (QED) is 0.818. The Morgan fingerprint density at radius 3 is 2.41 bits per heavy atom. The first kappa shape index (κ1) is 16.1. The van der Waals surface area contributed by atoms with Crippen molar-refractivity contribution < 1.29 is 19.1 Å². The molecule has 1 aliphatic heterocycles. The Balaban J connectivity index is 2.34. The van der Waals surface area contributed by atoms with Gasteiger partial charge in [0, 0.05) is 19.3 Å². The third kappa shape index (κ3) is 2.58. The maximum absolute atomic E-state index is 12.5. The molecule has 2 rings (SSSR count). The molecule has 1 aromatic heterocycles. The molecule has 2 atom stereocenters. The molecule has 7 nitrogen and oxygen atoms in total. The van der Waals surface area contributed by atoms with Crippen molar-refractivity contribution in [2.45, 2.75) is 32.5 Å². The van der Waals surface area contributed by atoms with Gasteiger partial charge < -0.3 is 19.3 Å². The maximum Gasteiger partial charge on any atom is 0.246 e. The summed E-state index contributed by atoms with van der Waals surface area (Å²) < 4.78 is 10.6. The molecule has 0 aliphatic carbocycles. The highest BCUT2D eigenvalue weighted by molar-refractivity contribution is 5.96. The number of ether oxygens (including phenoxy) is 2. The fraction of sp³-hybridized carbons (Fsp3) is 0.533. The van der Waals surface area contributed by atoms with E-state index in [2.05, 4.69) is 4.98 Å². The van der Waals surface area contributed by atoms with Gasteiger partial charge in [0.25, 0.3) is 0 Å². The van der Waals surface area contributed by atoms with Crippen LogP contribution in [0.25, 0.3) is 0 Å². The van der Waals surface area contributed by atoms with Crippen LogP contribution in [0, 0.1) is 0 Å². The zero-order chi connectivity index (χ0) is 16.4. The van der Waals surface area contributed by atoms with E-state index in [9.17, 15) is 9.59 Å². The van der Waals surface area contributed by atoms with Gasteiger partial charge in [-0.15, -0.1) is 0 Å². The first-order valence-electron chi connectivity index (χ1n) is 7.05. The normalized spacial score (nSPS) is 22.0. The highest BCUT2D eigenvalue weighted by Crippen LogP contribution is 2.31. The third-order valence-corrected chi connectivity index (χ3v) is 4.08. The van der Waals surface area contributed by atoms with Gasteiger partial charge in [-0.25, -0.2) is 0 Å². The minimum absolute atomic E-state index is 0.0889. The van der Waals surface area contributed by atoms with Gasteiger partial charge in [-0.3, -0.25) is 14.6 Å². The van der Waals surface area contributed by atoms with E-state index in [1.54, 1.807) is 33.2 Å². The van der Waals surface area contributed by atoms with E-state index >= 15 is 0 Å². The van der Waals surface area contributed by atoms with E-state index in [1.807, 2.05) is 0 Å². The molecule has 0 radical (unpaired) electrons. The topological polar surface area (TPSA) is 72.0 Å². The van der Waals surface area contributed by atoms with E-state index in [0.29, 0.717) is 17.2 Å². The van der Waals surface area contributed by atoms with Crippen LogP contribution in [0.3, 0.4) is 0 Å². The average molecular weight is 307 g/mol. The molecule has 120 valence electrons. The molecule has 0 saturated carbocycles. The lowest BCUT2D eigenvalue weighted by Gasteiger charge is -2.41. The molecule has 0 bridgehead atoms. The fourth-order valence-corrected chi connectivity index (χ4v) is 2.55. The lowest BCUT2D eigenvalue weighted by molar-refractivity contribution is -0.159. The largest absolute Gasteiger partial charge is 0.493 e. The molecule has 0 spiro atoms. The fourth-order valence-electron chi connectivity index (χ4n) is 2.55. The number of carbonyl (C=O) groups excluding carboxylic acids is 2. The summed E-state index contributed by atoms with van der Waals surface area (Å²) in [6.07, 6.45) is 1.59. The predicted molar refractivity (Wildman–Crippen MR) is 79.6 cm³/mol. The van der Waals surface area contributed by atoms with Crippen LogP contribution >= 0.6 is 0 Å². The number of nitrogens with zero attached hydrogens (tertiary/aromatic N) is 3. The monoisotopic (exact) mass is 307 g/mol. The van der Waals surface area contributed by atoms with Crippen molar-refractivity contribution >= 4 is 11.8 Å². The van der Waals surface area contributed by atoms with Crippen molar-refractivity contribution in [3.8, 4) is 11.5 Å². The lowest BCUT2D eigenvalue weighted by atomic mass is 10.1. The molecule has 1 saturated heterocycles. The summed E-state index contributed by atoms with van der Waals surface area (Å²) in [4.78, 5) is 32.0. The summed E-state index contributed by atoms with van der Waals surface area (Å²) in [5.41, 5.74) is 0.562. The zero-order valence-corrected chi connectivity index (χ0v) is 13.5. The molecule has 0 aromatic carbocycles. The molecule has 2 heterocycles. The van der Waals surface area contributed by atoms with Gasteiger partial charge in [-0.05, 0) is 13.8 Å². The average Bonchev–Trinajstić information content (AvgIpc) is 2.54. The van der Waals surface area contributed by atoms with E-state index in [1.165, 1.54) is 24.0 Å². The molecular formula is C15H21N3O4. The number of pyridine rings is 1. The van der Waals surface area contributed by atoms with Crippen LogP contribution in [0.4, 0.5) is 0 Å². The Bertz CT molecular complexity index is 590. The number of hydrogen-bond donors (Lipinski definition) is 0. The van der Waals surface area contributed by atoms with Crippen LogP contribution in [0.1, 0.15) is 19.5 Å². The van der Waals surface area contributed by atoms with Gasteiger partial charge in [0.15, 0.2) is 11.5 Å². The Morgan fingerprint density at radius 2 is 1.82 bits per heavy atom. The number of likely N-dealkylation sites (N-methyl/N-ethyl adjacent to an activating group) is 1. The number of amides is 2.